The Balaban J connectivity index is 2.02. The Morgan fingerprint density at radius 3 is 2.86 bits per heavy atom. The van der Waals surface area contributed by atoms with Crippen molar-refractivity contribution >= 4 is 5.78 Å². The quantitative estimate of drug-likeness (QED) is 0.717. The van der Waals surface area contributed by atoms with E-state index in [-0.39, 0.29) is 11.7 Å². The second kappa shape index (κ2) is 5.05. The van der Waals surface area contributed by atoms with Crippen molar-refractivity contribution in [2.75, 3.05) is 0 Å². The number of fused-ring (bicyclic) bond motifs is 2. The van der Waals surface area contributed by atoms with E-state index in [0.717, 1.165) is 12.0 Å². The fourth-order valence-corrected chi connectivity index (χ4v) is 2.40. The molecular weight excluding hydrogens is 272 g/mol. The molecule has 0 amide bonds. The van der Waals surface area contributed by atoms with Crippen LogP contribution < -0.4 is 16.0 Å². The Bertz CT molecular complexity index is 832. The third-order valence-electron chi connectivity index (χ3n) is 3.44. The van der Waals surface area contributed by atoms with E-state index in [9.17, 15) is 14.4 Å². The summed E-state index contributed by atoms with van der Waals surface area (Å²) in [5, 5.41) is 0. The van der Waals surface area contributed by atoms with Gasteiger partial charge in [-0.05, 0) is 24.6 Å². The number of rotatable bonds is 3. The highest BCUT2D eigenvalue weighted by Gasteiger charge is 2.22. The van der Waals surface area contributed by atoms with Crippen molar-refractivity contribution in [2.45, 2.75) is 26.2 Å². The van der Waals surface area contributed by atoms with Crippen LogP contribution >= 0.6 is 0 Å². The van der Waals surface area contributed by atoms with Gasteiger partial charge in [0.05, 0.1) is 5.56 Å². The second-order valence-electron chi connectivity index (χ2n) is 4.99. The van der Waals surface area contributed by atoms with Crippen LogP contribution in [-0.4, -0.2) is 15.8 Å². The maximum absolute atomic E-state index is 11.9. The summed E-state index contributed by atoms with van der Waals surface area (Å²) in [7, 11) is 0. The molecule has 6 nitrogen and oxygen atoms in total. The normalized spacial score (nSPS) is 12.2. The molecule has 108 valence electrons. The zero-order valence-electron chi connectivity index (χ0n) is 11.5. The van der Waals surface area contributed by atoms with E-state index in [1.165, 1.54) is 0 Å². The smallest absolute Gasteiger partial charge is 0.328 e. The highest BCUT2D eigenvalue weighted by atomic mass is 16.5. The zero-order valence-corrected chi connectivity index (χ0v) is 11.5. The van der Waals surface area contributed by atoms with Crippen LogP contribution in [0.5, 0.6) is 11.6 Å². The van der Waals surface area contributed by atoms with E-state index in [4.69, 9.17) is 4.74 Å². The van der Waals surface area contributed by atoms with Crippen molar-refractivity contribution in [2.24, 2.45) is 0 Å². The topological polar surface area (TPSA) is 92.0 Å². The summed E-state index contributed by atoms with van der Waals surface area (Å²) >= 11 is 0. The molecule has 0 saturated heterocycles. The first kappa shape index (κ1) is 13.4. The van der Waals surface area contributed by atoms with Crippen LogP contribution in [0.2, 0.25) is 0 Å². The number of carbonyl (C=O) groups is 1. The van der Waals surface area contributed by atoms with E-state index >= 15 is 0 Å². The van der Waals surface area contributed by atoms with Gasteiger partial charge in [-0.25, -0.2) is 4.79 Å². The molecule has 2 N–H and O–H groups in total. The van der Waals surface area contributed by atoms with Crippen molar-refractivity contribution in [3.05, 3.63) is 55.7 Å². The molecule has 0 saturated carbocycles. The lowest BCUT2D eigenvalue weighted by atomic mass is 9.98. The molecule has 1 aromatic carbocycles. The fraction of sp³-hybridized carbons (Fsp3) is 0.267. The van der Waals surface area contributed by atoms with Gasteiger partial charge in [0.2, 0.25) is 5.88 Å². The number of aromatic amines is 2. The van der Waals surface area contributed by atoms with Gasteiger partial charge in [-0.2, -0.15) is 0 Å². The lowest BCUT2D eigenvalue weighted by Gasteiger charge is -2.19. The van der Waals surface area contributed by atoms with Gasteiger partial charge in [-0.3, -0.25) is 19.6 Å². The summed E-state index contributed by atoms with van der Waals surface area (Å²) in [5.74, 6) is 0.794. The number of carbonyl (C=O) groups excluding carboxylic acids is 1. The summed E-state index contributed by atoms with van der Waals surface area (Å²) < 4.78 is 5.55. The summed E-state index contributed by atoms with van der Waals surface area (Å²) in [5.41, 5.74) is 0.675. The lowest BCUT2D eigenvalue weighted by molar-refractivity contribution is 0.0981. The Kier molecular flexibility index (Phi) is 3.21. The van der Waals surface area contributed by atoms with Crippen LogP contribution in [0.3, 0.4) is 0 Å². The van der Waals surface area contributed by atoms with Crippen LogP contribution in [0.1, 0.15) is 41.3 Å². The Morgan fingerprint density at radius 2 is 2.10 bits per heavy atom. The molecule has 1 aliphatic rings. The van der Waals surface area contributed by atoms with E-state index in [1.807, 2.05) is 6.92 Å². The molecule has 0 atom stereocenters. The maximum atomic E-state index is 11.9. The monoisotopic (exact) mass is 286 g/mol. The van der Waals surface area contributed by atoms with E-state index in [2.05, 4.69) is 9.97 Å². The molecule has 1 aliphatic heterocycles. The maximum Gasteiger partial charge on any atom is 0.328 e. The van der Waals surface area contributed by atoms with Gasteiger partial charge in [0.15, 0.2) is 5.78 Å². The molecule has 0 unspecified atom stereocenters. The number of ketones is 1. The van der Waals surface area contributed by atoms with E-state index < -0.39 is 11.2 Å². The van der Waals surface area contributed by atoms with Crippen molar-refractivity contribution < 1.29 is 9.53 Å². The predicted molar refractivity (Wildman–Crippen MR) is 76.2 cm³/mol. The molecular formula is C15H14N2O4. The number of H-pyrrole nitrogens is 2. The van der Waals surface area contributed by atoms with Crippen LogP contribution in [0.4, 0.5) is 0 Å². The van der Waals surface area contributed by atoms with Crippen LogP contribution in [-0.2, 0) is 6.42 Å². The minimum atomic E-state index is -0.600. The first-order valence-electron chi connectivity index (χ1n) is 6.78. The number of nitrogens with one attached hydrogen (secondary N) is 2. The van der Waals surface area contributed by atoms with Crippen LogP contribution in [0.25, 0.3) is 0 Å². The summed E-state index contributed by atoms with van der Waals surface area (Å²) in [6.45, 7) is 1.95. The largest absolute Gasteiger partial charge is 0.440 e. The van der Waals surface area contributed by atoms with Crippen LogP contribution in [0, 0.1) is 0 Å². The molecule has 3 rings (SSSR count). The van der Waals surface area contributed by atoms with Crippen molar-refractivity contribution in [3.8, 4) is 11.6 Å². The number of ether oxygens (including phenoxy) is 1. The van der Waals surface area contributed by atoms with E-state index in [0.29, 0.717) is 29.7 Å². The molecule has 0 bridgehead atoms. The molecule has 6 heteroatoms. The van der Waals surface area contributed by atoms with Gasteiger partial charge in [0, 0.05) is 24.0 Å². The lowest BCUT2D eigenvalue weighted by Crippen LogP contribution is -2.28. The SMILES string of the molecule is CCCC(=O)c1ccc2c(c1)Cc1c([nH]c(=O)[nH]c1=O)O2. The molecule has 2 aromatic rings. The van der Waals surface area contributed by atoms with Crippen molar-refractivity contribution in [1.82, 2.24) is 9.97 Å². The van der Waals surface area contributed by atoms with Gasteiger partial charge in [-0.15, -0.1) is 0 Å². The first-order valence-corrected chi connectivity index (χ1v) is 6.78. The molecule has 0 aliphatic carbocycles. The van der Waals surface area contributed by atoms with Gasteiger partial charge >= 0.3 is 5.69 Å². The van der Waals surface area contributed by atoms with Gasteiger partial charge in [0.1, 0.15) is 5.75 Å². The van der Waals surface area contributed by atoms with E-state index in [1.54, 1.807) is 18.2 Å². The summed E-state index contributed by atoms with van der Waals surface area (Å²) in [6, 6.07) is 5.15. The third kappa shape index (κ3) is 2.40. The average molecular weight is 286 g/mol. The average Bonchev–Trinajstić information content (AvgIpc) is 2.45. The van der Waals surface area contributed by atoms with Gasteiger partial charge in [-0.1, -0.05) is 6.92 Å². The van der Waals surface area contributed by atoms with Gasteiger partial charge < -0.3 is 4.74 Å². The molecule has 0 spiro atoms. The minimum Gasteiger partial charge on any atom is -0.440 e. The Hall–Kier alpha value is -2.63. The van der Waals surface area contributed by atoms with Gasteiger partial charge in [0.25, 0.3) is 5.56 Å². The van der Waals surface area contributed by atoms with Crippen LogP contribution in [0.15, 0.2) is 27.8 Å². The van der Waals surface area contributed by atoms with Crippen molar-refractivity contribution in [3.63, 3.8) is 0 Å². The number of aromatic nitrogens is 2. The summed E-state index contributed by atoms with van der Waals surface area (Å²) in [4.78, 5) is 39.6. The first-order chi connectivity index (χ1) is 10.1. The highest BCUT2D eigenvalue weighted by molar-refractivity contribution is 5.96. The number of hydrogen-bond donors (Lipinski definition) is 2. The van der Waals surface area contributed by atoms with Crippen molar-refractivity contribution in [1.29, 1.82) is 0 Å². The number of benzene rings is 1. The number of hydrogen-bond acceptors (Lipinski definition) is 4. The Morgan fingerprint density at radius 1 is 1.29 bits per heavy atom. The molecule has 0 fully saturated rings. The molecule has 0 radical (unpaired) electrons. The third-order valence-corrected chi connectivity index (χ3v) is 3.44. The molecule has 2 heterocycles. The number of Topliss-reactive ketones (excluding diaryl/α,β-unsaturated/α-hetero) is 1. The Labute approximate surface area is 119 Å². The fourth-order valence-electron chi connectivity index (χ4n) is 2.40. The molecule has 1 aromatic heterocycles. The summed E-state index contributed by atoms with van der Waals surface area (Å²) in [6.07, 6.45) is 1.60. The standard InChI is InChI=1S/C15H14N2O4/c1-2-3-11(18)8-4-5-12-9(6-8)7-10-13(19)16-15(20)17-14(10)21-12/h4-6H,2-3,7H2,1H3,(H2,16,17,19,20). The minimum absolute atomic E-state index is 0.0708. The second-order valence-corrected chi connectivity index (χ2v) is 4.99. The zero-order chi connectivity index (χ0) is 15.0. The predicted octanol–water partition coefficient (Wildman–Crippen LogP) is 1.74. The highest BCUT2D eigenvalue weighted by Crippen LogP contribution is 2.33. The molecule has 21 heavy (non-hydrogen) atoms.